The lowest BCUT2D eigenvalue weighted by atomic mass is 10.2. The fourth-order valence-electron chi connectivity index (χ4n) is 1.59. The normalized spacial score (nSPS) is 9.76. The first-order valence-electron chi connectivity index (χ1n) is 5.96. The smallest absolute Gasteiger partial charge is 0.262 e. The molecule has 1 amide bonds. The lowest BCUT2D eigenvalue weighted by molar-refractivity contribution is -0.118. The van der Waals surface area contributed by atoms with Crippen LogP contribution < -0.4 is 10.1 Å². The van der Waals surface area contributed by atoms with Gasteiger partial charge in [-0.1, -0.05) is 17.7 Å². The lowest BCUT2D eigenvalue weighted by Gasteiger charge is -2.08. The summed E-state index contributed by atoms with van der Waals surface area (Å²) in [5.41, 5.74) is 0.698. The number of nitriles is 1. The van der Waals surface area contributed by atoms with Crippen LogP contribution >= 0.6 is 11.6 Å². The van der Waals surface area contributed by atoms with Gasteiger partial charge in [-0.05, 0) is 30.3 Å². The van der Waals surface area contributed by atoms with Gasteiger partial charge in [0.05, 0.1) is 10.6 Å². The van der Waals surface area contributed by atoms with Gasteiger partial charge in [-0.2, -0.15) is 5.26 Å². The lowest BCUT2D eigenvalue weighted by Crippen LogP contribution is -2.20. The van der Waals surface area contributed by atoms with Gasteiger partial charge in [0.15, 0.2) is 6.61 Å². The Morgan fingerprint density at radius 2 is 2.14 bits per heavy atom. The highest BCUT2D eigenvalue weighted by molar-refractivity contribution is 6.31. The van der Waals surface area contributed by atoms with Gasteiger partial charge in [-0.25, -0.2) is 4.39 Å². The van der Waals surface area contributed by atoms with Crippen molar-refractivity contribution in [3.05, 3.63) is 58.9 Å². The molecule has 4 nitrogen and oxygen atoms in total. The van der Waals surface area contributed by atoms with Crippen LogP contribution in [0, 0.1) is 17.1 Å². The van der Waals surface area contributed by atoms with E-state index in [0.29, 0.717) is 10.7 Å². The molecule has 0 saturated heterocycles. The minimum absolute atomic E-state index is 0.263. The molecular formula is C15H10ClFN2O2. The van der Waals surface area contributed by atoms with Gasteiger partial charge >= 0.3 is 0 Å². The molecule has 0 radical (unpaired) electrons. The van der Waals surface area contributed by atoms with Crippen molar-refractivity contribution in [1.82, 2.24) is 0 Å². The zero-order valence-corrected chi connectivity index (χ0v) is 11.5. The number of benzene rings is 2. The number of ether oxygens (including phenoxy) is 1. The Kier molecular flexibility index (Phi) is 4.75. The maximum absolute atomic E-state index is 12.9. The van der Waals surface area contributed by atoms with Crippen LogP contribution in [-0.2, 0) is 4.79 Å². The molecule has 0 atom stereocenters. The number of carbonyl (C=O) groups is 1. The summed E-state index contributed by atoms with van der Waals surface area (Å²) < 4.78 is 18.1. The summed E-state index contributed by atoms with van der Waals surface area (Å²) in [4.78, 5) is 11.7. The second-order valence-electron chi connectivity index (χ2n) is 4.10. The molecular weight excluding hydrogens is 295 g/mol. The third kappa shape index (κ3) is 4.20. The number of rotatable bonds is 4. The van der Waals surface area contributed by atoms with Gasteiger partial charge in [0, 0.05) is 11.8 Å². The predicted octanol–water partition coefficient (Wildman–Crippen LogP) is 3.37. The number of nitrogens with one attached hydrogen (secondary N) is 1. The third-order valence-electron chi connectivity index (χ3n) is 2.54. The Morgan fingerprint density at radius 3 is 2.86 bits per heavy atom. The van der Waals surface area contributed by atoms with Gasteiger partial charge in [-0.3, -0.25) is 4.79 Å². The van der Waals surface area contributed by atoms with E-state index in [-0.39, 0.29) is 17.9 Å². The maximum Gasteiger partial charge on any atom is 0.262 e. The van der Waals surface area contributed by atoms with Crippen LogP contribution in [0.4, 0.5) is 10.1 Å². The quantitative estimate of drug-likeness (QED) is 0.942. The standard InChI is InChI=1S/C15H10ClFN2O2/c16-14-5-4-12(6-10(14)8-18)19-15(20)9-21-13-3-1-2-11(17)7-13/h1-7H,9H2,(H,19,20). The van der Waals surface area contributed by atoms with Crippen LogP contribution in [-0.4, -0.2) is 12.5 Å². The minimum atomic E-state index is -0.440. The summed E-state index contributed by atoms with van der Waals surface area (Å²) in [6.45, 7) is -0.270. The summed E-state index contributed by atoms with van der Waals surface area (Å²) in [5.74, 6) is -0.603. The molecule has 2 aromatic carbocycles. The Balaban J connectivity index is 1.95. The van der Waals surface area contributed by atoms with Crippen molar-refractivity contribution in [2.75, 3.05) is 11.9 Å². The van der Waals surface area contributed by atoms with Gasteiger partial charge in [0.25, 0.3) is 5.91 Å². The molecule has 0 spiro atoms. The number of nitrogens with zero attached hydrogens (tertiary/aromatic N) is 1. The van der Waals surface area contributed by atoms with Gasteiger partial charge in [0.2, 0.25) is 0 Å². The number of carbonyl (C=O) groups excluding carboxylic acids is 1. The van der Waals surface area contributed by atoms with Crippen LogP contribution in [0.25, 0.3) is 0 Å². The van der Waals surface area contributed by atoms with Crippen LogP contribution in [0.5, 0.6) is 5.75 Å². The highest BCUT2D eigenvalue weighted by atomic mass is 35.5. The Labute approximate surface area is 125 Å². The molecule has 2 aromatic rings. The van der Waals surface area contributed by atoms with Gasteiger partial charge in [-0.15, -0.1) is 0 Å². The first-order valence-corrected chi connectivity index (χ1v) is 6.34. The molecule has 0 aliphatic rings. The van der Waals surface area contributed by atoms with Crippen LogP contribution in [0.1, 0.15) is 5.56 Å². The number of amides is 1. The van der Waals surface area contributed by atoms with E-state index in [4.69, 9.17) is 21.6 Å². The van der Waals surface area contributed by atoms with Crippen molar-refractivity contribution >= 4 is 23.2 Å². The number of halogens is 2. The van der Waals surface area contributed by atoms with Gasteiger partial charge < -0.3 is 10.1 Å². The van der Waals surface area contributed by atoms with E-state index in [2.05, 4.69) is 5.32 Å². The van der Waals surface area contributed by atoms with Gasteiger partial charge in [0.1, 0.15) is 17.6 Å². The Bertz CT molecular complexity index is 713. The fraction of sp³-hybridized carbons (Fsp3) is 0.0667. The van der Waals surface area contributed by atoms with E-state index < -0.39 is 11.7 Å². The molecule has 21 heavy (non-hydrogen) atoms. The summed E-state index contributed by atoms with van der Waals surface area (Å²) in [5, 5.41) is 11.7. The van der Waals surface area contributed by atoms with Crippen molar-refractivity contribution in [2.45, 2.75) is 0 Å². The average molecular weight is 305 g/mol. The number of hydrogen-bond donors (Lipinski definition) is 1. The molecule has 0 fully saturated rings. The number of hydrogen-bond acceptors (Lipinski definition) is 3. The molecule has 106 valence electrons. The largest absolute Gasteiger partial charge is 0.484 e. The zero-order valence-electron chi connectivity index (χ0n) is 10.8. The molecule has 6 heteroatoms. The van der Waals surface area contributed by atoms with E-state index >= 15 is 0 Å². The molecule has 0 aliphatic heterocycles. The molecule has 0 aliphatic carbocycles. The second kappa shape index (κ2) is 6.73. The molecule has 0 unspecified atom stereocenters. The first kappa shape index (κ1) is 14.8. The molecule has 1 N–H and O–H groups in total. The van der Waals surface area contributed by atoms with Crippen molar-refractivity contribution in [1.29, 1.82) is 5.26 Å². The van der Waals surface area contributed by atoms with Crippen LogP contribution in [0.3, 0.4) is 0 Å². The molecule has 0 aromatic heterocycles. The Hall–Kier alpha value is -2.58. The molecule has 0 heterocycles. The number of anilines is 1. The van der Waals surface area contributed by atoms with Crippen LogP contribution in [0.2, 0.25) is 5.02 Å². The van der Waals surface area contributed by atoms with E-state index in [1.807, 2.05) is 6.07 Å². The monoisotopic (exact) mass is 304 g/mol. The zero-order chi connectivity index (χ0) is 15.2. The van der Waals surface area contributed by atoms with Crippen molar-refractivity contribution in [3.63, 3.8) is 0 Å². The van der Waals surface area contributed by atoms with E-state index in [1.165, 1.54) is 30.3 Å². The van der Waals surface area contributed by atoms with E-state index in [9.17, 15) is 9.18 Å². The summed E-state index contributed by atoms with van der Waals surface area (Å²) in [7, 11) is 0. The highest BCUT2D eigenvalue weighted by Crippen LogP contribution is 2.19. The fourth-order valence-corrected chi connectivity index (χ4v) is 1.75. The van der Waals surface area contributed by atoms with Crippen LogP contribution in [0.15, 0.2) is 42.5 Å². The third-order valence-corrected chi connectivity index (χ3v) is 2.87. The molecule has 0 saturated carbocycles. The summed E-state index contributed by atoms with van der Waals surface area (Å²) in [6.07, 6.45) is 0. The highest BCUT2D eigenvalue weighted by Gasteiger charge is 2.06. The topological polar surface area (TPSA) is 62.1 Å². The summed E-state index contributed by atoms with van der Waals surface area (Å²) in [6, 6.07) is 12.0. The van der Waals surface area contributed by atoms with Crippen molar-refractivity contribution in [2.24, 2.45) is 0 Å². The average Bonchev–Trinajstić information content (AvgIpc) is 2.47. The Morgan fingerprint density at radius 1 is 1.33 bits per heavy atom. The summed E-state index contributed by atoms with van der Waals surface area (Å²) >= 11 is 5.79. The second-order valence-corrected chi connectivity index (χ2v) is 4.51. The van der Waals surface area contributed by atoms with E-state index in [1.54, 1.807) is 12.1 Å². The molecule has 2 rings (SSSR count). The maximum atomic E-state index is 12.9. The van der Waals surface area contributed by atoms with Crippen molar-refractivity contribution < 1.29 is 13.9 Å². The SMILES string of the molecule is N#Cc1cc(NC(=O)COc2cccc(F)c2)ccc1Cl. The minimum Gasteiger partial charge on any atom is -0.484 e. The predicted molar refractivity (Wildman–Crippen MR) is 76.7 cm³/mol. The van der Waals surface area contributed by atoms with Crippen molar-refractivity contribution in [3.8, 4) is 11.8 Å². The van der Waals surface area contributed by atoms with E-state index in [0.717, 1.165) is 0 Å². The first-order chi connectivity index (χ1) is 10.1. The molecule has 0 bridgehead atoms.